The molecule has 7 heteroatoms. The number of carbonyl (C=O) groups excluding carboxylic acids is 2. The molecule has 0 unspecified atom stereocenters. The summed E-state index contributed by atoms with van der Waals surface area (Å²) in [5.41, 5.74) is 0. The molecule has 2 atom stereocenters. The maximum atomic E-state index is 12.5. The predicted molar refractivity (Wildman–Crippen MR) is 85.1 cm³/mol. The van der Waals surface area contributed by atoms with Crippen LogP contribution >= 0.6 is 0 Å². The maximum Gasteiger partial charge on any atom is 0.344 e. The molecular weight excluding hydrogens is 296 g/mol. The zero-order chi connectivity index (χ0) is 16.4. The Bertz CT molecular complexity index is 451. The minimum Gasteiger partial charge on any atom is -0.351 e. The first-order valence-corrected chi connectivity index (χ1v) is 8.91. The number of amides is 3. The lowest BCUT2D eigenvalue weighted by Crippen LogP contribution is -2.53. The number of hydrogen-bond acceptors (Lipinski definition) is 4. The van der Waals surface area contributed by atoms with Gasteiger partial charge in [-0.3, -0.25) is 10.0 Å². The van der Waals surface area contributed by atoms with Crippen LogP contribution in [0.3, 0.4) is 0 Å². The molecule has 3 aliphatic heterocycles. The SMILES string of the molecule is CCCCN1CCC(NC(=O)[C@@H]2CC[C@@H]3CN2C(=O)N3O)CC1. The first kappa shape index (κ1) is 16.5. The molecule has 3 saturated heterocycles. The summed E-state index contributed by atoms with van der Waals surface area (Å²) < 4.78 is 0. The van der Waals surface area contributed by atoms with Crippen molar-refractivity contribution in [3.05, 3.63) is 0 Å². The average molecular weight is 324 g/mol. The highest BCUT2D eigenvalue weighted by atomic mass is 16.5. The van der Waals surface area contributed by atoms with E-state index in [2.05, 4.69) is 17.1 Å². The van der Waals surface area contributed by atoms with Crippen molar-refractivity contribution in [3.63, 3.8) is 0 Å². The van der Waals surface area contributed by atoms with Crippen LogP contribution in [-0.4, -0.2) is 76.3 Å². The van der Waals surface area contributed by atoms with Crippen LogP contribution in [0.1, 0.15) is 45.4 Å². The summed E-state index contributed by atoms with van der Waals surface area (Å²) in [7, 11) is 0. The van der Waals surface area contributed by atoms with Gasteiger partial charge in [0.1, 0.15) is 6.04 Å². The Morgan fingerprint density at radius 2 is 2.00 bits per heavy atom. The van der Waals surface area contributed by atoms with Crippen LogP contribution in [0.15, 0.2) is 0 Å². The Kier molecular flexibility index (Phi) is 5.06. The lowest BCUT2D eigenvalue weighted by atomic mass is 9.98. The van der Waals surface area contributed by atoms with Crippen molar-refractivity contribution in [2.24, 2.45) is 0 Å². The van der Waals surface area contributed by atoms with Crippen molar-refractivity contribution >= 4 is 11.9 Å². The smallest absolute Gasteiger partial charge is 0.344 e. The van der Waals surface area contributed by atoms with Gasteiger partial charge in [0.25, 0.3) is 0 Å². The number of rotatable bonds is 5. The van der Waals surface area contributed by atoms with Crippen LogP contribution in [0.5, 0.6) is 0 Å². The quantitative estimate of drug-likeness (QED) is 0.741. The fourth-order valence-electron chi connectivity index (χ4n) is 3.90. The van der Waals surface area contributed by atoms with Gasteiger partial charge in [-0.25, -0.2) is 9.86 Å². The Morgan fingerprint density at radius 1 is 1.26 bits per heavy atom. The molecular formula is C16H28N4O3. The predicted octanol–water partition coefficient (Wildman–Crippen LogP) is 1.02. The number of carbonyl (C=O) groups is 2. The van der Waals surface area contributed by atoms with Gasteiger partial charge in [-0.2, -0.15) is 0 Å². The van der Waals surface area contributed by atoms with E-state index >= 15 is 0 Å². The second-order valence-corrected chi connectivity index (χ2v) is 7.00. The Balaban J connectivity index is 1.48. The fraction of sp³-hybridized carbons (Fsp3) is 0.875. The van der Waals surface area contributed by atoms with Crippen LogP contribution in [0.25, 0.3) is 0 Å². The van der Waals surface area contributed by atoms with Gasteiger partial charge >= 0.3 is 6.03 Å². The second kappa shape index (κ2) is 7.05. The molecule has 0 aromatic rings. The normalized spacial score (nSPS) is 29.2. The van der Waals surface area contributed by atoms with Gasteiger partial charge < -0.3 is 15.1 Å². The van der Waals surface area contributed by atoms with Gasteiger partial charge in [-0.1, -0.05) is 13.3 Å². The number of fused-ring (bicyclic) bond motifs is 2. The summed E-state index contributed by atoms with van der Waals surface area (Å²) in [6.07, 6.45) is 5.72. The van der Waals surface area contributed by atoms with Crippen LogP contribution in [0, 0.1) is 0 Å². The molecule has 0 radical (unpaired) electrons. The zero-order valence-electron chi connectivity index (χ0n) is 13.9. The number of nitrogens with zero attached hydrogens (tertiary/aromatic N) is 3. The highest BCUT2D eigenvalue weighted by Gasteiger charge is 2.46. The third-order valence-electron chi connectivity index (χ3n) is 5.41. The average Bonchev–Trinajstić information content (AvgIpc) is 2.79. The first-order valence-electron chi connectivity index (χ1n) is 8.91. The fourth-order valence-corrected chi connectivity index (χ4v) is 3.90. The molecule has 0 aromatic heterocycles. The topological polar surface area (TPSA) is 76.1 Å². The van der Waals surface area contributed by atoms with E-state index in [4.69, 9.17) is 0 Å². The van der Waals surface area contributed by atoms with Crippen molar-refractivity contribution in [1.82, 2.24) is 20.2 Å². The third-order valence-corrected chi connectivity index (χ3v) is 5.41. The molecule has 3 aliphatic rings. The summed E-state index contributed by atoms with van der Waals surface area (Å²) in [5.74, 6) is -0.0564. The molecule has 0 aliphatic carbocycles. The van der Waals surface area contributed by atoms with Crippen molar-refractivity contribution in [3.8, 4) is 0 Å². The van der Waals surface area contributed by atoms with Gasteiger partial charge in [0, 0.05) is 25.7 Å². The van der Waals surface area contributed by atoms with E-state index in [1.807, 2.05) is 0 Å². The van der Waals surface area contributed by atoms with Gasteiger partial charge in [0.15, 0.2) is 0 Å². The van der Waals surface area contributed by atoms with Crippen molar-refractivity contribution < 1.29 is 14.8 Å². The Labute approximate surface area is 137 Å². The number of piperidine rings is 2. The van der Waals surface area contributed by atoms with Crippen LogP contribution in [0.4, 0.5) is 4.79 Å². The maximum absolute atomic E-state index is 12.5. The monoisotopic (exact) mass is 324 g/mol. The molecule has 0 spiro atoms. The number of unbranched alkanes of at least 4 members (excludes halogenated alkanes) is 1. The van der Waals surface area contributed by atoms with E-state index in [1.54, 1.807) is 0 Å². The van der Waals surface area contributed by atoms with Crippen LogP contribution in [0.2, 0.25) is 0 Å². The molecule has 23 heavy (non-hydrogen) atoms. The van der Waals surface area contributed by atoms with Gasteiger partial charge in [0.05, 0.1) is 6.04 Å². The lowest BCUT2D eigenvalue weighted by Gasteiger charge is -2.35. The number of hydroxylamine groups is 2. The summed E-state index contributed by atoms with van der Waals surface area (Å²) in [4.78, 5) is 28.5. The number of hydrogen-bond donors (Lipinski definition) is 2. The summed E-state index contributed by atoms with van der Waals surface area (Å²) in [6, 6.07) is -0.787. The number of likely N-dealkylation sites (tertiary alicyclic amines) is 1. The molecule has 130 valence electrons. The largest absolute Gasteiger partial charge is 0.351 e. The minimum atomic E-state index is -0.429. The molecule has 7 nitrogen and oxygen atoms in total. The highest BCUT2D eigenvalue weighted by Crippen LogP contribution is 2.28. The van der Waals surface area contributed by atoms with E-state index in [-0.39, 0.29) is 18.0 Å². The van der Waals surface area contributed by atoms with Crippen LogP contribution < -0.4 is 5.32 Å². The number of nitrogens with one attached hydrogen (secondary N) is 1. The molecule has 3 fully saturated rings. The summed E-state index contributed by atoms with van der Waals surface area (Å²) in [5, 5.41) is 13.6. The Hall–Kier alpha value is -1.34. The molecule has 0 aromatic carbocycles. The summed E-state index contributed by atoms with van der Waals surface area (Å²) in [6.45, 7) is 5.88. The zero-order valence-corrected chi connectivity index (χ0v) is 13.9. The highest BCUT2D eigenvalue weighted by molar-refractivity contribution is 5.88. The van der Waals surface area contributed by atoms with E-state index in [0.29, 0.717) is 19.4 Å². The van der Waals surface area contributed by atoms with Crippen molar-refractivity contribution in [1.29, 1.82) is 0 Å². The molecule has 3 amide bonds. The first-order chi connectivity index (χ1) is 11.1. The minimum absolute atomic E-state index is 0.0564. The standard InChI is InChI=1S/C16H28N4O3/c1-2-3-8-18-9-6-12(7-10-18)17-15(21)14-5-4-13-11-19(14)16(22)20(13)23/h12-14,23H,2-11H2,1H3,(H,17,21)/t13-,14+/m1/s1. The van der Waals surface area contributed by atoms with Gasteiger partial charge in [0.2, 0.25) is 5.91 Å². The van der Waals surface area contributed by atoms with E-state index < -0.39 is 12.1 Å². The van der Waals surface area contributed by atoms with Gasteiger partial charge in [-0.05, 0) is 38.6 Å². The van der Waals surface area contributed by atoms with Gasteiger partial charge in [-0.15, -0.1) is 0 Å². The lowest BCUT2D eigenvalue weighted by molar-refractivity contribution is -0.127. The molecule has 2 bridgehead atoms. The molecule has 3 heterocycles. The summed E-state index contributed by atoms with van der Waals surface area (Å²) >= 11 is 0. The van der Waals surface area contributed by atoms with E-state index in [1.165, 1.54) is 17.7 Å². The van der Waals surface area contributed by atoms with Crippen molar-refractivity contribution in [2.45, 2.75) is 63.6 Å². The molecule has 0 saturated carbocycles. The number of urea groups is 1. The molecule has 2 N–H and O–H groups in total. The van der Waals surface area contributed by atoms with E-state index in [9.17, 15) is 14.8 Å². The van der Waals surface area contributed by atoms with E-state index in [0.717, 1.165) is 37.5 Å². The second-order valence-electron chi connectivity index (χ2n) is 7.00. The third kappa shape index (κ3) is 3.45. The van der Waals surface area contributed by atoms with Crippen molar-refractivity contribution in [2.75, 3.05) is 26.2 Å². The van der Waals surface area contributed by atoms with Crippen LogP contribution in [-0.2, 0) is 4.79 Å². The Morgan fingerprint density at radius 3 is 2.70 bits per heavy atom. The molecule has 3 rings (SSSR count).